The van der Waals surface area contributed by atoms with Crippen LogP contribution in [0.1, 0.15) is 50.7 Å². The fraction of sp³-hybridized carbons (Fsp3) is 0.727. The van der Waals surface area contributed by atoms with E-state index in [1.165, 1.54) is 89.4 Å². The molecule has 1 aromatic rings. The van der Waals surface area contributed by atoms with Gasteiger partial charge >= 0.3 is 0 Å². The molecule has 0 radical (unpaired) electrons. The van der Waals surface area contributed by atoms with Crippen LogP contribution in [0.15, 0.2) is 24.3 Å². The van der Waals surface area contributed by atoms with Gasteiger partial charge in [0.2, 0.25) is 0 Å². The van der Waals surface area contributed by atoms with Crippen LogP contribution < -0.4 is 9.80 Å². The molecule has 1 aromatic carbocycles. The third kappa shape index (κ3) is 6.05. The lowest BCUT2D eigenvalue weighted by Crippen LogP contribution is -3.10. The Labute approximate surface area is 160 Å². The molecular weight excluding hydrogens is 320 g/mol. The second-order valence-electron chi connectivity index (χ2n) is 8.44. The number of rotatable bonds is 10. The van der Waals surface area contributed by atoms with Crippen molar-refractivity contribution in [3.05, 3.63) is 35.4 Å². The second-order valence-corrected chi connectivity index (χ2v) is 8.44. The van der Waals surface area contributed by atoms with Gasteiger partial charge in [0.25, 0.3) is 0 Å². The van der Waals surface area contributed by atoms with Gasteiger partial charge in [0.05, 0.1) is 39.3 Å². The maximum atomic E-state index is 2.62. The minimum atomic E-state index is 1.12. The summed E-state index contributed by atoms with van der Waals surface area (Å²) in [6, 6.07) is 9.43. The lowest BCUT2D eigenvalue weighted by molar-refractivity contribution is -0.892. The van der Waals surface area contributed by atoms with Crippen LogP contribution in [0.25, 0.3) is 0 Å². The Morgan fingerprint density at radius 1 is 0.731 bits per heavy atom. The van der Waals surface area contributed by atoms with Crippen LogP contribution in [-0.4, -0.2) is 62.4 Å². The van der Waals surface area contributed by atoms with Gasteiger partial charge < -0.3 is 9.80 Å². The van der Waals surface area contributed by atoms with Crippen LogP contribution in [0.4, 0.5) is 0 Å². The smallest absolute Gasteiger partial charge is 0.134 e. The molecule has 2 saturated heterocycles. The number of hydrogen-bond donors (Lipinski definition) is 2. The van der Waals surface area contributed by atoms with E-state index in [-0.39, 0.29) is 0 Å². The zero-order valence-electron chi connectivity index (χ0n) is 17.1. The molecule has 2 aliphatic rings. The van der Waals surface area contributed by atoms with Gasteiger partial charge in [0.15, 0.2) is 0 Å². The van der Waals surface area contributed by atoms with E-state index in [0.717, 1.165) is 13.1 Å². The molecule has 4 nitrogen and oxygen atoms in total. The van der Waals surface area contributed by atoms with Crippen molar-refractivity contribution in [1.29, 1.82) is 0 Å². The molecular formula is C22H40N4+2. The third-order valence-corrected chi connectivity index (χ3v) is 6.06. The highest BCUT2D eigenvalue weighted by atomic mass is 15.4. The molecule has 0 aromatic heterocycles. The summed E-state index contributed by atoms with van der Waals surface area (Å²) in [4.78, 5) is 8.78. The first kappa shape index (κ1) is 19.8. The average molecular weight is 361 g/mol. The maximum Gasteiger partial charge on any atom is 0.134 e. The van der Waals surface area contributed by atoms with E-state index >= 15 is 0 Å². The van der Waals surface area contributed by atoms with E-state index in [1.54, 1.807) is 9.80 Å². The number of unbranched alkanes of at least 4 members (excludes halogenated alkanes) is 2. The van der Waals surface area contributed by atoms with E-state index in [0.29, 0.717) is 0 Å². The number of quaternary nitrogens is 2. The highest BCUT2D eigenvalue weighted by Gasteiger charge is 2.24. The van der Waals surface area contributed by atoms with Crippen molar-refractivity contribution in [3.8, 4) is 0 Å². The van der Waals surface area contributed by atoms with Crippen molar-refractivity contribution in [2.45, 2.75) is 52.6 Å². The Bertz CT molecular complexity index is 468. The van der Waals surface area contributed by atoms with Crippen molar-refractivity contribution in [3.63, 3.8) is 0 Å². The topological polar surface area (TPSA) is 15.4 Å². The van der Waals surface area contributed by atoms with Crippen LogP contribution in [0.3, 0.4) is 0 Å². The quantitative estimate of drug-likeness (QED) is 0.635. The second kappa shape index (κ2) is 10.4. The minimum absolute atomic E-state index is 1.12. The number of hydrogen-bond acceptors (Lipinski definition) is 2. The lowest BCUT2D eigenvalue weighted by atomic mass is 10.1. The van der Waals surface area contributed by atoms with E-state index in [2.05, 4.69) is 47.9 Å². The van der Waals surface area contributed by atoms with E-state index < -0.39 is 0 Å². The standard InChI is InChI=1S/C22H38N4/c1-3-5-11-23-13-15-25(19-23)17-21-7-9-22(10-8-21)18-26-16-14-24(20-26)12-6-4-2/h7-10H,3-6,11-20H2,1-2H3/p+2. The Balaban J connectivity index is 1.40. The average Bonchev–Trinajstić information content (AvgIpc) is 3.29. The van der Waals surface area contributed by atoms with Crippen molar-refractivity contribution in [1.82, 2.24) is 9.80 Å². The first-order valence-electron chi connectivity index (χ1n) is 11.0. The first-order chi connectivity index (χ1) is 12.8. The molecule has 0 spiro atoms. The van der Waals surface area contributed by atoms with Crippen LogP contribution >= 0.6 is 0 Å². The first-order valence-corrected chi connectivity index (χ1v) is 11.0. The summed E-state index contributed by atoms with van der Waals surface area (Å²) in [5.41, 5.74) is 2.95. The predicted molar refractivity (Wildman–Crippen MR) is 108 cm³/mol. The highest BCUT2D eigenvalue weighted by molar-refractivity contribution is 5.22. The minimum Gasteiger partial charge on any atom is -0.321 e. The molecule has 0 aliphatic carbocycles. The molecule has 4 heteroatoms. The van der Waals surface area contributed by atoms with Gasteiger partial charge in [-0.25, -0.2) is 9.80 Å². The zero-order chi connectivity index (χ0) is 18.2. The molecule has 2 unspecified atom stereocenters. The fourth-order valence-corrected chi connectivity index (χ4v) is 4.38. The van der Waals surface area contributed by atoms with Gasteiger partial charge in [-0.1, -0.05) is 51.0 Å². The molecule has 2 atom stereocenters. The van der Waals surface area contributed by atoms with Crippen molar-refractivity contribution in [2.24, 2.45) is 0 Å². The van der Waals surface area contributed by atoms with Gasteiger partial charge in [-0.15, -0.1) is 0 Å². The normalized spacial score (nSPS) is 24.5. The third-order valence-electron chi connectivity index (χ3n) is 6.06. The van der Waals surface area contributed by atoms with Crippen LogP contribution in [0, 0.1) is 0 Å². The van der Waals surface area contributed by atoms with Crippen molar-refractivity contribution in [2.75, 3.05) is 52.6 Å². The molecule has 0 bridgehead atoms. The maximum absolute atomic E-state index is 2.62. The van der Waals surface area contributed by atoms with Crippen LogP contribution in [-0.2, 0) is 13.1 Å². The summed E-state index contributed by atoms with van der Waals surface area (Å²) < 4.78 is 0. The van der Waals surface area contributed by atoms with Gasteiger partial charge in [-0.05, 0) is 24.0 Å². The van der Waals surface area contributed by atoms with E-state index in [9.17, 15) is 0 Å². The van der Waals surface area contributed by atoms with Gasteiger partial charge in [0.1, 0.15) is 13.3 Å². The van der Waals surface area contributed by atoms with Crippen molar-refractivity contribution >= 4 is 0 Å². The van der Waals surface area contributed by atoms with Crippen LogP contribution in [0.5, 0.6) is 0 Å². The predicted octanol–water partition coefficient (Wildman–Crippen LogP) is 0.603. The Morgan fingerprint density at radius 2 is 1.15 bits per heavy atom. The molecule has 2 heterocycles. The monoisotopic (exact) mass is 360 g/mol. The fourth-order valence-electron chi connectivity index (χ4n) is 4.38. The van der Waals surface area contributed by atoms with Gasteiger partial charge in [-0.2, -0.15) is 0 Å². The Morgan fingerprint density at radius 3 is 1.54 bits per heavy atom. The van der Waals surface area contributed by atoms with E-state index in [1.807, 2.05) is 0 Å². The van der Waals surface area contributed by atoms with E-state index in [4.69, 9.17) is 0 Å². The largest absolute Gasteiger partial charge is 0.321 e. The van der Waals surface area contributed by atoms with Crippen molar-refractivity contribution < 1.29 is 9.80 Å². The summed E-state index contributed by atoms with van der Waals surface area (Å²) in [5, 5.41) is 0. The number of nitrogens with zero attached hydrogens (tertiary/aromatic N) is 2. The SMILES string of the molecule is CCCC[NH+]1CCN(Cc2ccc(CN3CC[NH+](CCCC)C3)cc2)C1. The molecule has 0 amide bonds. The molecule has 146 valence electrons. The lowest BCUT2D eigenvalue weighted by Gasteiger charge is -2.17. The Kier molecular flexibility index (Phi) is 7.93. The molecule has 0 saturated carbocycles. The van der Waals surface area contributed by atoms with Crippen LogP contribution in [0.2, 0.25) is 0 Å². The summed E-state index contributed by atoms with van der Waals surface area (Å²) in [6.07, 6.45) is 5.37. The molecule has 2 fully saturated rings. The summed E-state index contributed by atoms with van der Waals surface area (Å²) in [6.45, 7) is 17.1. The number of nitrogens with one attached hydrogen (secondary N) is 2. The highest BCUT2D eigenvalue weighted by Crippen LogP contribution is 2.10. The zero-order valence-corrected chi connectivity index (χ0v) is 17.1. The summed E-state index contributed by atoms with van der Waals surface area (Å²) in [5.74, 6) is 0. The number of benzene rings is 1. The van der Waals surface area contributed by atoms with Gasteiger partial charge in [-0.3, -0.25) is 0 Å². The molecule has 3 rings (SSSR count). The summed E-state index contributed by atoms with van der Waals surface area (Å²) >= 11 is 0. The summed E-state index contributed by atoms with van der Waals surface area (Å²) in [7, 11) is 0. The molecule has 2 aliphatic heterocycles. The van der Waals surface area contributed by atoms with Gasteiger partial charge in [0, 0.05) is 13.1 Å². The molecule has 26 heavy (non-hydrogen) atoms. The Hall–Kier alpha value is -0.940. The molecule has 2 N–H and O–H groups in total.